The number of benzene rings is 2. The van der Waals surface area contributed by atoms with Gasteiger partial charge in [0.2, 0.25) is 5.91 Å². The predicted molar refractivity (Wildman–Crippen MR) is 128 cm³/mol. The average Bonchev–Trinajstić information content (AvgIpc) is 3.43. The summed E-state index contributed by atoms with van der Waals surface area (Å²) in [6.07, 6.45) is 1.17. The summed E-state index contributed by atoms with van der Waals surface area (Å²) in [5.41, 5.74) is 1.09. The maximum Gasteiger partial charge on any atom is 0.254 e. The van der Waals surface area contributed by atoms with Crippen molar-refractivity contribution in [2.45, 2.75) is 38.8 Å². The molecule has 3 atom stereocenters. The van der Waals surface area contributed by atoms with E-state index in [4.69, 9.17) is 0 Å². The lowest BCUT2D eigenvalue weighted by molar-refractivity contribution is -0.140. The molecule has 2 aliphatic rings. The van der Waals surface area contributed by atoms with E-state index in [0.29, 0.717) is 30.5 Å². The van der Waals surface area contributed by atoms with E-state index in [9.17, 15) is 19.2 Å². The van der Waals surface area contributed by atoms with E-state index in [1.54, 1.807) is 58.3 Å². The molecule has 2 saturated heterocycles. The fourth-order valence-corrected chi connectivity index (χ4v) is 5.07. The highest BCUT2D eigenvalue weighted by Gasteiger charge is 2.52. The number of likely N-dealkylation sites (tertiary alicyclic amines) is 2. The lowest BCUT2D eigenvalue weighted by Crippen LogP contribution is -2.48. The Labute approximate surface area is 200 Å². The van der Waals surface area contributed by atoms with E-state index in [1.807, 2.05) is 26.0 Å². The van der Waals surface area contributed by atoms with Gasteiger partial charge in [0.25, 0.3) is 11.8 Å². The van der Waals surface area contributed by atoms with Crippen molar-refractivity contribution in [2.75, 3.05) is 19.6 Å². The van der Waals surface area contributed by atoms with Gasteiger partial charge in [-0.3, -0.25) is 19.2 Å². The Hall–Kier alpha value is -3.48. The third-order valence-corrected chi connectivity index (χ3v) is 6.64. The second-order valence-corrected chi connectivity index (χ2v) is 9.50. The van der Waals surface area contributed by atoms with Crippen molar-refractivity contribution in [1.29, 1.82) is 0 Å². The summed E-state index contributed by atoms with van der Waals surface area (Å²) in [6.45, 7) is 4.73. The monoisotopic (exact) mass is 461 g/mol. The summed E-state index contributed by atoms with van der Waals surface area (Å²) in [5, 5.41) is 2.89. The fourth-order valence-electron chi connectivity index (χ4n) is 5.07. The number of Topliss-reactive ketones (excluding diaryl/α,β-unsaturated/α-hetero) is 1. The first-order valence-corrected chi connectivity index (χ1v) is 11.9. The molecular weight excluding hydrogens is 430 g/mol. The number of nitrogens with zero attached hydrogens (tertiary/aromatic N) is 2. The normalized spacial score (nSPS) is 20.4. The first kappa shape index (κ1) is 23.7. The number of hydrogen-bond acceptors (Lipinski definition) is 4. The minimum Gasteiger partial charge on any atom is -0.351 e. The van der Waals surface area contributed by atoms with Crippen molar-refractivity contribution in [1.82, 2.24) is 15.1 Å². The van der Waals surface area contributed by atoms with E-state index in [0.717, 1.165) is 0 Å². The van der Waals surface area contributed by atoms with Crippen LogP contribution in [0.3, 0.4) is 0 Å². The van der Waals surface area contributed by atoms with Crippen LogP contribution < -0.4 is 5.32 Å². The number of carbonyl (C=O) groups excluding carboxylic acids is 4. The number of hydrogen-bond donors (Lipinski definition) is 1. The molecule has 2 heterocycles. The maximum absolute atomic E-state index is 13.6. The van der Waals surface area contributed by atoms with Crippen LogP contribution >= 0.6 is 0 Å². The summed E-state index contributed by atoms with van der Waals surface area (Å²) in [4.78, 5) is 55.4. The molecule has 7 nitrogen and oxygen atoms in total. The fraction of sp³-hybridized carbons (Fsp3) is 0.407. The summed E-state index contributed by atoms with van der Waals surface area (Å²) >= 11 is 0. The van der Waals surface area contributed by atoms with Gasteiger partial charge in [0.05, 0.1) is 18.5 Å². The second-order valence-electron chi connectivity index (χ2n) is 9.50. The molecule has 4 rings (SSSR count). The molecular formula is C27H31N3O4. The minimum absolute atomic E-state index is 0.0203. The van der Waals surface area contributed by atoms with Crippen LogP contribution in [0.5, 0.6) is 0 Å². The molecule has 0 aliphatic carbocycles. The second kappa shape index (κ2) is 10.2. The Morgan fingerprint density at radius 1 is 0.941 bits per heavy atom. The summed E-state index contributed by atoms with van der Waals surface area (Å²) in [7, 11) is 0. The highest BCUT2D eigenvalue weighted by Crippen LogP contribution is 2.32. The Balaban J connectivity index is 1.46. The molecule has 2 fully saturated rings. The van der Waals surface area contributed by atoms with Crippen LogP contribution in [-0.4, -0.2) is 65.0 Å². The molecule has 0 saturated carbocycles. The zero-order valence-corrected chi connectivity index (χ0v) is 19.6. The smallest absolute Gasteiger partial charge is 0.254 e. The summed E-state index contributed by atoms with van der Waals surface area (Å²) < 4.78 is 0. The molecule has 0 bridgehead atoms. The standard InChI is InChI=1S/C27H31N3O4/c1-18(2)15-21(16-28-25(32)19-9-5-3-6-10-19)27(34)29-14-13-22-24(29)23(31)17-30(22)26(33)20-11-7-4-8-12-20/h3-12,18,21-22,24H,13-17H2,1-2H3,(H,28,32)/t21-,22?,24?/m0/s1. The molecule has 2 unspecified atom stereocenters. The van der Waals surface area contributed by atoms with Gasteiger partial charge in [-0.15, -0.1) is 0 Å². The number of nitrogens with one attached hydrogen (secondary N) is 1. The van der Waals surface area contributed by atoms with Gasteiger partial charge in [-0.25, -0.2) is 0 Å². The van der Waals surface area contributed by atoms with E-state index in [1.165, 1.54) is 0 Å². The average molecular weight is 462 g/mol. The maximum atomic E-state index is 13.6. The molecule has 2 aromatic carbocycles. The Morgan fingerprint density at radius 2 is 1.56 bits per heavy atom. The predicted octanol–water partition coefficient (Wildman–Crippen LogP) is 2.77. The van der Waals surface area contributed by atoms with Crippen LogP contribution in [0.15, 0.2) is 60.7 Å². The van der Waals surface area contributed by atoms with Crippen molar-refractivity contribution in [3.05, 3.63) is 71.8 Å². The summed E-state index contributed by atoms with van der Waals surface area (Å²) in [6, 6.07) is 16.9. The van der Waals surface area contributed by atoms with E-state index >= 15 is 0 Å². The Morgan fingerprint density at radius 3 is 2.18 bits per heavy atom. The van der Waals surface area contributed by atoms with E-state index in [2.05, 4.69) is 5.32 Å². The van der Waals surface area contributed by atoms with Crippen LogP contribution in [0.2, 0.25) is 0 Å². The van der Waals surface area contributed by atoms with Gasteiger partial charge in [-0.05, 0) is 43.0 Å². The van der Waals surface area contributed by atoms with Crippen LogP contribution in [0.25, 0.3) is 0 Å². The van der Waals surface area contributed by atoms with Gasteiger partial charge < -0.3 is 15.1 Å². The Kier molecular flexibility index (Phi) is 7.10. The molecule has 178 valence electrons. The lowest BCUT2D eigenvalue weighted by Gasteiger charge is -2.29. The molecule has 0 aromatic heterocycles. The first-order valence-electron chi connectivity index (χ1n) is 11.9. The van der Waals surface area contributed by atoms with Crippen LogP contribution in [0.1, 0.15) is 47.4 Å². The number of amides is 3. The van der Waals surface area contributed by atoms with Gasteiger partial charge in [0, 0.05) is 24.2 Å². The van der Waals surface area contributed by atoms with Crippen LogP contribution in [-0.2, 0) is 9.59 Å². The first-order chi connectivity index (χ1) is 16.4. The molecule has 0 radical (unpaired) electrons. The quantitative estimate of drug-likeness (QED) is 0.687. The van der Waals surface area contributed by atoms with Gasteiger partial charge in [-0.2, -0.15) is 0 Å². The van der Waals surface area contributed by atoms with Gasteiger partial charge in [-0.1, -0.05) is 50.2 Å². The SMILES string of the molecule is CC(C)C[C@@H](CNC(=O)c1ccccc1)C(=O)N1CCC2C1C(=O)CN2C(=O)c1ccccc1. The van der Waals surface area contributed by atoms with Gasteiger partial charge >= 0.3 is 0 Å². The highest BCUT2D eigenvalue weighted by molar-refractivity contribution is 6.02. The van der Waals surface area contributed by atoms with Crippen molar-refractivity contribution in [3.8, 4) is 0 Å². The molecule has 3 amide bonds. The van der Waals surface area contributed by atoms with Gasteiger partial charge in [0.15, 0.2) is 5.78 Å². The van der Waals surface area contributed by atoms with Crippen LogP contribution in [0, 0.1) is 11.8 Å². The van der Waals surface area contributed by atoms with E-state index < -0.39 is 12.0 Å². The Bertz CT molecular complexity index is 1050. The van der Waals surface area contributed by atoms with Crippen LogP contribution in [0.4, 0.5) is 0 Å². The van der Waals surface area contributed by atoms with Crippen molar-refractivity contribution >= 4 is 23.5 Å². The number of rotatable bonds is 7. The lowest BCUT2D eigenvalue weighted by atomic mass is 9.95. The molecule has 34 heavy (non-hydrogen) atoms. The molecule has 7 heteroatoms. The topological polar surface area (TPSA) is 86.8 Å². The number of carbonyl (C=O) groups is 4. The van der Waals surface area contributed by atoms with Crippen molar-refractivity contribution < 1.29 is 19.2 Å². The minimum atomic E-state index is -0.611. The van der Waals surface area contributed by atoms with Gasteiger partial charge in [0.1, 0.15) is 6.04 Å². The largest absolute Gasteiger partial charge is 0.351 e. The number of fused-ring (bicyclic) bond motifs is 1. The highest BCUT2D eigenvalue weighted by atomic mass is 16.2. The van der Waals surface area contributed by atoms with Crippen molar-refractivity contribution in [2.24, 2.45) is 11.8 Å². The van der Waals surface area contributed by atoms with Crippen molar-refractivity contribution in [3.63, 3.8) is 0 Å². The molecule has 0 spiro atoms. The molecule has 2 aliphatic heterocycles. The summed E-state index contributed by atoms with van der Waals surface area (Å²) in [5.74, 6) is -0.814. The van der Waals surface area contributed by atoms with E-state index in [-0.39, 0.29) is 48.6 Å². The molecule has 2 aromatic rings. The number of ketones is 1. The third-order valence-electron chi connectivity index (χ3n) is 6.64. The molecule has 1 N–H and O–H groups in total. The zero-order valence-electron chi connectivity index (χ0n) is 19.6. The zero-order chi connectivity index (χ0) is 24.2. The third kappa shape index (κ3) is 4.88.